The van der Waals surface area contributed by atoms with E-state index >= 15 is 0 Å². The highest BCUT2D eigenvalue weighted by Crippen LogP contribution is 2.14. The van der Waals surface area contributed by atoms with E-state index in [1.54, 1.807) is 0 Å². The molecule has 1 aromatic rings. The summed E-state index contributed by atoms with van der Waals surface area (Å²) < 4.78 is 27.5. The van der Waals surface area contributed by atoms with E-state index in [1.165, 1.54) is 24.3 Å². The minimum Gasteiger partial charge on any atom is -0.481 e. The van der Waals surface area contributed by atoms with Crippen molar-refractivity contribution in [1.82, 2.24) is 4.72 Å². The van der Waals surface area contributed by atoms with Crippen molar-refractivity contribution in [2.75, 3.05) is 4.72 Å². The van der Waals surface area contributed by atoms with E-state index in [0.717, 1.165) is 0 Å². The summed E-state index contributed by atoms with van der Waals surface area (Å²) in [4.78, 5) is 21.3. The van der Waals surface area contributed by atoms with Gasteiger partial charge in [0.1, 0.15) is 6.04 Å². The summed E-state index contributed by atoms with van der Waals surface area (Å²) in [6.45, 7) is 0. The van der Waals surface area contributed by atoms with Crippen molar-refractivity contribution in [1.29, 1.82) is 0 Å². The quantitative estimate of drug-likeness (QED) is 0.557. The van der Waals surface area contributed by atoms with E-state index in [2.05, 4.69) is 4.72 Å². The molecule has 10 heteroatoms. The van der Waals surface area contributed by atoms with Gasteiger partial charge in [0.15, 0.2) is 0 Å². The molecule has 0 spiro atoms. The van der Waals surface area contributed by atoms with E-state index in [4.69, 9.17) is 21.8 Å². The Balaban J connectivity index is 2.74. The number of carboxylic acid groups (broad SMARTS) is 2. The van der Waals surface area contributed by atoms with Gasteiger partial charge >= 0.3 is 11.9 Å². The third-order valence-electron chi connectivity index (χ3n) is 2.34. The molecule has 0 aliphatic heterocycles. The molecule has 0 aromatic heterocycles. The summed E-state index contributed by atoms with van der Waals surface area (Å²) in [6.07, 6.45) is -0.841. The minimum atomic E-state index is -4.16. The molecule has 0 radical (unpaired) electrons. The summed E-state index contributed by atoms with van der Waals surface area (Å²) >= 11 is 5.65. The van der Waals surface area contributed by atoms with Crippen LogP contribution in [0, 0.1) is 0 Å². The van der Waals surface area contributed by atoms with E-state index in [-0.39, 0.29) is 12.1 Å². The molecule has 0 amide bonds. The van der Waals surface area contributed by atoms with E-state index in [9.17, 15) is 18.0 Å². The predicted molar refractivity (Wildman–Crippen MR) is 75.4 cm³/mol. The van der Waals surface area contributed by atoms with Crippen LogP contribution in [-0.4, -0.2) is 36.6 Å². The van der Waals surface area contributed by atoms with Gasteiger partial charge in [-0.25, -0.2) is 0 Å². The number of carbonyl (C=O) groups is 2. The number of aliphatic carboxylic acids is 2. The van der Waals surface area contributed by atoms with Crippen molar-refractivity contribution in [2.45, 2.75) is 18.9 Å². The lowest BCUT2D eigenvalue weighted by molar-refractivity contribution is -0.140. The van der Waals surface area contributed by atoms with Crippen molar-refractivity contribution in [3.8, 4) is 0 Å². The lowest BCUT2D eigenvalue weighted by Crippen LogP contribution is -2.43. The van der Waals surface area contributed by atoms with Crippen LogP contribution in [0.2, 0.25) is 5.02 Å². The molecule has 0 saturated heterocycles. The van der Waals surface area contributed by atoms with Crippen molar-refractivity contribution < 1.29 is 28.2 Å². The van der Waals surface area contributed by atoms with Crippen molar-refractivity contribution >= 4 is 39.4 Å². The smallest absolute Gasteiger partial charge is 0.321 e. The zero-order valence-corrected chi connectivity index (χ0v) is 12.2. The first-order valence-electron chi connectivity index (χ1n) is 5.70. The summed E-state index contributed by atoms with van der Waals surface area (Å²) in [5, 5.41) is 17.8. The molecule has 0 unspecified atom stereocenters. The second-order valence-electron chi connectivity index (χ2n) is 4.05. The Morgan fingerprint density at radius 1 is 1.19 bits per heavy atom. The second kappa shape index (κ2) is 7.25. The van der Waals surface area contributed by atoms with Gasteiger partial charge in [0, 0.05) is 17.1 Å². The summed E-state index contributed by atoms with van der Waals surface area (Å²) in [5.41, 5.74) is 0.189. The molecule has 0 aliphatic carbocycles. The highest BCUT2D eigenvalue weighted by Gasteiger charge is 2.24. The maximum atomic E-state index is 11.8. The largest absolute Gasteiger partial charge is 0.481 e. The first-order valence-corrected chi connectivity index (χ1v) is 7.56. The highest BCUT2D eigenvalue weighted by molar-refractivity contribution is 7.90. The Bertz CT molecular complexity index is 616. The third kappa shape index (κ3) is 6.43. The maximum absolute atomic E-state index is 11.8. The number of carboxylic acids is 2. The first-order chi connectivity index (χ1) is 9.69. The Morgan fingerprint density at radius 3 is 2.24 bits per heavy atom. The van der Waals surface area contributed by atoms with E-state index < -0.39 is 34.6 Å². The second-order valence-corrected chi connectivity index (χ2v) is 5.94. The zero-order valence-electron chi connectivity index (χ0n) is 10.6. The van der Waals surface area contributed by atoms with E-state index in [0.29, 0.717) is 5.02 Å². The predicted octanol–water partition coefficient (Wildman–Crippen LogP) is 0.904. The third-order valence-corrected chi connectivity index (χ3v) is 3.69. The SMILES string of the molecule is O=C(O)CC[C@H](NS(=O)(=O)Nc1ccc(Cl)cc1)C(=O)O. The molecule has 1 atom stereocenters. The lowest BCUT2D eigenvalue weighted by Gasteiger charge is -2.15. The van der Waals surface area contributed by atoms with Gasteiger partial charge in [0.25, 0.3) is 10.2 Å². The van der Waals surface area contributed by atoms with Crippen molar-refractivity contribution in [3.05, 3.63) is 29.3 Å². The van der Waals surface area contributed by atoms with Crippen LogP contribution in [0.3, 0.4) is 0 Å². The van der Waals surface area contributed by atoms with E-state index in [1.807, 2.05) is 4.72 Å². The van der Waals surface area contributed by atoms with Crippen LogP contribution in [0.1, 0.15) is 12.8 Å². The van der Waals surface area contributed by atoms with Crippen LogP contribution in [0.5, 0.6) is 0 Å². The summed E-state index contributed by atoms with van der Waals surface area (Å²) in [5.74, 6) is -2.68. The number of benzene rings is 1. The fourth-order valence-corrected chi connectivity index (χ4v) is 2.61. The first kappa shape index (κ1) is 17.2. The highest BCUT2D eigenvalue weighted by atomic mass is 35.5. The Hall–Kier alpha value is -1.84. The van der Waals surface area contributed by atoms with Gasteiger partial charge in [0.2, 0.25) is 0 Å². The average Bonchev–Trinajstić information content (AvgIpc) is 2.36. The lowest BCUT2D eigenvalue weighted by atomic mass is 10.2. The van der Waals surface area contributed by atoms with Gasteiger partial charge in [-0.2, -0.15) is 13.1 Å². The van der Waals surface area contributed by atoms with Crippen LogP contribution in [0.4, 0.5) is 5.69 Å². The molecule has 8 nitrogen and oxygen atoms in total. The molecule has 1 aromatic carbocycles. The Kier molecular flexibility index (Phi) is 5.94. The fourth-order valence-electron chi connectivity index (χ4n) is 1.39. The van der Waals surface area contributed by atoms with Crippen molar-refractivity contribution in [3.63, 3.8) is 0 Å². The normalized spacial score (nSPS) is 12.6. The van der Waals surface area contributed by atoms with Crippen LogP contribution in [-0.2, 0) is 19.8 Å². The number of hydrogen-bond donors (Lipinski definition) is 4. The zero-order chi connectivity index (χ0) is 16.0. The Labute approximate surface area is 125 Å². The van der Waals surface area contributed by atoms with Gasteiger partial charge in [-0.15, -0.1) is 0 Å². The molecule has 0 saturated carbocycles. The van der Waals surface area contributed by atoms with Crippen LogP contribution in [0.15, 0.2) is 24.3 Å². The number of halogens is 1. The van der Waals surface area contributed by atoms with Gasteiger partial charge in [-0.3, -0.25) is 14.3 Å². The number of hydrogen-bond acceptors (Lipinski definition) is 4. The average molecular weight is 337 g/mol. The van der Waals surface area contributed by atoms with Crippen LogP contribution < -0.4 is 9.44 Å². The molecule has 0 aliphatic rings. The molecule has 0 fully saturated rings. The topological polar surface area (TPSA) is 133 Å². The van der Waals surface area contributed by atoms with Crippen LogP contribution in [0.25, 0.3) is 0 Å². The molecule has 0 heterocycles. The molecule has 0 bridgehead atoms. The van der Waals surface area contributed by atoms with Gasteiger partial charge in [0.05, 0.1) is 0 Å². The molecule has 1 rings (SSSR count). The van der Waals surface area contributed by atoms with Gasteiger partial charge in [-0.1, -0.05) is 11.6 Å². The molecular formula is C11H13ClN2O6S. The Morgan fingerprint density at radius 2 is 1.76 bits per heavy atom. The monoisotopic (exact) mass is 336 g/mol. The van der Waals surface area contributed by atoms with Gasteiger partial charge < -0.3 is 10.2 Å². The van der Waals surface area contributed by atoms with Gasteiger partial charge in [-0.05, 0) is 30.7 Å². The maximum Gasteiger partial charge on any atom is 0.321 e. The summed E-state index contributed by atoms with van der Waals surface area (Å²) in [7, 11) is -4.16. The van der Waals surface area contributed by atoms with Crippen LogP contribution >= 0.6 is 11.6 Å². The number of anilines is 1. The molecule has 4 N–H and O–H groups in total. The molecular weight excluding hydrogens is 324 g/mol. The standard InChI is InChI=1S/C11H13ClN2O6S/c12-7-1-3-8(4-2-7)13-21(19,20)14-9(11(17)18)5-6-10(15)16/h1-4,9,13-14H,5-6H2,(H,15,16)(H,17,18)/t9-/m0/s1. The number of rotatable bonds is 8. The minimum absolute atomic E-state index is 0.189. The summed E-state index contributed by atoms with van der Waals surface area (Å²) in [6, 6.07) is 4.17. The number of nitrogens with one attached hydrogen (secondary N) is 2. The molecule has 116 valence electrons. The molecule has 21 heavy (non-hydrogen) atoms. The van der Waals surface area contributed by atoms with Crippen molar-refractivity contribution in [2.24, 2.45) is 0 Å². The fraction of sp³-hybridized carbons (Fsp3) is 0.273.